The van der Waals surface area contributed by atoms with Crippen LogP contribution in [0.15, 0.2) is 29.1 Å². The molecule has 5 rings (SSSR count). The maximum absolute atomic E-state index is 13.2. The van der Waals surface area contributed by atoms with Gasteiger partial charge in [-0.3, -0.25) is 4.79 Å². The van der Waals surface area contributed by atoms with Gasteiger partial charge in [0.1, 0.15) is 12.4 Å². The molecule has 4 heterocycles. The number of fused-ring (bicyclic) bond motifs is 5. The van der Waals surface area contributed by atoms with Gasteiger partial charge in [-0.2, -0.15) is 13.2 Å². The van der Waals surface area contributed by atoms with Gasteiger partial charge in [0.15, 0.2) is 5.60 Å². The molecule has 0 fully saturated rings. The molecule has 0 spiro atoms. The fraction of sp³-hybridized carbons (Fsp3) is 0.348. The number of halogens is 3. The third kappa shape index (κ3) is 3.34. The van der Waals surface area contributed by atoms with Crippen LogP contribution < -0.4 is 10.9 Å². The highest BCUT2D eigenvalue weighted by Crippen LogP contribution is 2.39. The summed E-state index contributed by atoms with van der Waals surface area (Å²) in [6.45, 7) is 0.0668. The quantitative estimate of drug-likeness (QED) is 0.389. The first-order valence-electron chi connectivity index (χ1n) is 10.6. The van der Waals surface area contributed by atoms with E-state index >= 15 is 0 Å². The number of carbonyl (C=O) groups excluding carboxylic acids is 1. The average molecular weight is 475 g/mol. The van der Waals surface area contributed by atoms with Crippen LogP contribution in [0.5, 0.6) is 5.75 Å². The van der Waals surface area contributed by atoms with Gasteiger partial charge in [-0.1, -0.05) is 6.92 Å². The molecule has 0 saturated carbocycles. The maximum Gasteiger partial charge on any atom is 0.401 e. The summed E-state index contributed by atoms with van der Waals surface area (Å²) >= 11 is 0. The van der Waals surface area contributed by atoms with Crippen molar-refractivity contribution in [3.05, 3.63) is 56.9 Å². The van der Waals surface area contributed by atoms with Gasteiger partial charge in [0.05, 0.1) is 35.6 Å². The Morgan fingerprint density at radius 2 is 2.03 bits per heavy atom. The standard InChI is InChI=1S/C23H20F3N3O5/c1-2-22(33)15-6-17-19-11(8-29(17)20(31)14(15)9-34-21(22)32)5-12-13(7-27-10-23(24,25)26)18(30)4-3-16(12)28-19/h3-6,27,30,33H,2,7-10H2,1H3. The van der Waals surface area contributed by atoms with E-state index in [-0.39, 0.29) is 48.6 Å². The molecule has 34 heavy (non-hydrogen) atoms. The van der Waals surface area contributed by atoms with Crippen LogP contribution in [0, 0.1) is 0 Å². The van der Waals surface area contributed by atoms with Crippen molar-refractivity contribution in [3.8, 4) is 17.1 Å². The summed E-state index contributed by atoms with van der Waals surface area (Å²) in [5, 5.41) is 23.9. The van der Waals surface area contributed by atoms with Crippen LogP contribution in [0.3, 0.4) is 0 Å². The van der Waals surface area contributed by atoms with Crippen LogP contribution in [0.2, 0.25) is 0 Å². The molecule has 2 aliphatic heterocycles. The maximum atomic E-state index is 13.2. The lowest BCUT2D eigenvalue weighted by molar-refractivity contribution is -0.172. The Bertz CT molecular complexity index is 1420. The minimum Gasteiger partial charge on any atom is -0.508 e. The lowest BCUT2D eigenvalue weighted by Gasteiger charge is -2.31. The van der Waals surface area contributed by atoms with Crippen molar-refractivity contribution in [2.45, 2.75) is 44.8 Å². The van der Waals surface area contributed by atoms with E-state index in [2.05, 4.69) is 10.3 Å². The van der Waals surface area contributed by atoms with Crippen LogP contribution in [-0.2, 0) is 34.8 Å². The number of cyclic esters (lactones) is 1. The van der Waals surface area contributed by atoms with Crippen molar-refractivity contribution in [3.63, 3.8) is 0 Å². The fourth-order valence-corrected chi connectivity index (χ4v) is 4.61. The van der Waals surface area contributed by atoms with Gasteiger partial charge in [-0.25, -0.2) is 9.78 Å². The molecule has 3 N–H and O–H groups in total. The third-order valence-electron chi connectivity index (χ3n) is 6.41. The molecule has 2 aromatic heterocycles. The first-order chi connectivity index (χ1) is 16.0. The summed E-state index contributed by atoms with van der Waals surface area (Å²) < 4.78 is 44.2. The van der Waals surface area contributed by atoms with Crippen molar-refractivity contribution in [2.24, 2.45) is 0 Å². The van der Waals surface area contributed by atoms with Gasteiger partial charge >= 0.3 is 12.1 Å². The minimum atomic E-state index is -4.40. The average Bonchev–Trinajstić information content (AvgIpc) is 3.14. The van der Waals surface area contributed by atoms with E-state index in [9.17, 15) is 33.0 Å². The molecule has 0 radical (unpaired) electrons. The molecule has 11 heteroatoms. The zero-order valence-electron chi connectivity index (χ0n) is 18.0. The number of hydrogen-bond donors (Lipinski definition) is 3. The second-order valence-electron chi connectivity index (χ2n) is 8.45. The van der Waals surface area contributed by atoms with Gasteiger partial charge in [-0.05, 0) is 30.7 Å². The number of nitrogens with one attached hydrogen (secondary N) is 1. The molecule has 1 aromatic carbocycles. The molecule has 2 aliphatic rings. The Balaban J connectivity index is 1.63. The molecule has 178 valence electrons. The monoisotopic (exact) mass is 475 g/mol. The van der Waals surface area contributed by atoms with Crippen molar-refractivity contribution in [2.75, 3.05) is 6.54 Å². The number of aromatic hydroxyl groups is 1. The molecule has 1 unspecified atom stereocenters. The van der Waals surface area contributed by atoms with Crippen LogP contribution in [0.1, 0.15) is 35.6 Å². The van der Waals surface area contributed by atoms with Crippen LogP contribution in [0.4, 0.5) is 13.2 Å². The first-order valence-corrected chi connectivity index (χ1v) is 10.6. The van der Waals surface area contributed by atoms with Crippen molar-refractivity contribution in [1.29, 1.82) is 0 Å². The number of phenols is 1. The topological polar surface area (TPSA) is 114 Å². The number of phenolic OH excluding ortho intramolecular Hbond substituents is 1. The van der Waals surface area contributed by atoms with E-state index in [4.69, 9.17) is 4.74 Å². The van der Waals surface area contributed by atoms with E-state index in [1.54, 1.807) is 19.1 Å². The number of carbonyl (C=O) groups is 1. The van der Waals surface area contributed by atoms with E-state index < -0.39 is 29.9 Å². The van der Waals surface area contributed by atoms with Crippen molar-refractivity contribution >= 4 is 16.9 Å². The molecule has 1 atom stereocenters. The Morgan fingerprint density at radius 3 is 2.74 bits per heavy atom. The highest BCUT2D eigenvalue weighted by Gasteiger charge is 2.45. The van der Waals surface area contributed by atoms with Crippen LogP contribution >= 0.6 is 0 Å². The van der Waals surface area contributed by atoms with Crippen molar-refractivity contribution in [1.82, 2.24) is 14.9 Å². The van der Waals surface area contributed by atoms with Crippen LogP contribution in [0.25, 0.3) is 22.3 Å². The number of esters is 1. The number of hydrogen-bond acceptors (Lipinski definition) is 7. The smallest absolute Gasteiger partial charge is 0.401 e. The summed E-state index contributed by atoms with van der Waals surface area (Å²) in [5.41, 5.74) is 0.232. The summed E-state index contributed by atoms with van der Waals surface area (Å²) in [6.07, 6.45) is -4.37. The highest BCUT2D eigenvalue weighted by atomic mass is 19.4. The van der Waals surface area contributed by atoms with Gasteiger partial charge in [0.2, 0.25) is 0 Å². The zero-order chi connectivity index (χ0) is 24.4. The third-order valence-corrected chi connectivity index (χ3v) is 6.41. The van der Waals surface area contributed by atoms with E-state index in [1.165, 1.54) is 16.7 Å². The Kier molecular flexibility index (Phi) is 4.96. The van der Waals surface area contributed by atoms with Crippen molar-refractivity contribution < 1.29 is 32.9 Å². The Labute approximate surface area is 190 Å². The number of rotatable bonds is 4. The fourth-order valence-electron chi connectivity index (χ4n) is 4.61. The van der Waals surface area contributed by atoms with E-state index in [0.717, 1.165) is 0 Å². The molecule has 3 aromatic rings. The number of pyridine rings is 2. The Morgan fingerprint density at radius 1 is 1.26 bits per heavy atom. The molecule has 0 aliphatic carbocycles. The molecular weight excluding hydrogens is 455 g/mol. The van der Waals surface area contributed by atoms with Gasteiger partial charge < -0.3 is 24.8 Å². The van der Waals surface area contributed by atoms with E-state index in [1.807, 2.05) is 0 Å². The highest BCUT2D eigenvalue weighted by molar-refractivity contribution is 5.89. The lowest BCUT2D eigenvalue weighted by Crippen LogP contribution is -2.44. The van der Waals surface area contributed by atoms with Crippen LogP contribution in [-0.4, -0.2) is 38.5 Å². The lowest BCUT2D eigenvalue weighted by atomic mass is 9.86. The SMILES string of the molecule is CCC1(O)C(=O)OCc2c1cc1n(c2=O)Cc2cc3c(CNCC(F)(F)F)c(O)ccc3nc2-1. The van der Waals surface area contributed by atoms with Gasteiger partial charge in [0.25, 0.3) is 5.56 Å². The predicted octanol–water partition coefficient (Wildman–Crippen LogP) is 2.44. The molecule has 0 amide bonds. The number of aromatic nitrogens is 2. The summed E-state index contributed by atoms with van der Waals surface area (Å²) in [6, 6.07) is 6.17. The second-order valence-corrected chi connectivity index (χ2v) is 8.45. The normalized spacial score (nSPS) is 19.0. The number of ether oxygens (including phenoxy) is 1. The second kappa shape index (κ2) is 7.54. The molecule has 0 saturated heterocycles. The first kappa shape index (κ1) is 22.4. The summed E-state index contributed by atoms with van der Waals surface area (Å²) in [7, 11) is 0. The predicted molar refractivity (Wildman–Crippen MR) is 114 cm³/mol. The molecular formula is C23H20F3N3O5. The largest absolute Gasteiger partial charge is 0.508 e. The molecule has 8 nitrogen and oxygen atoms in total. The summed E-state index contributed by atoms with van der Waals surface area (Å²) in [4.78, 5) is 30.1. The Hall–Kier alpha value is -3.44. The molecule has 0 bridgehead atoms. The number of aliphatic hydroxyl groups is 1. The minimum absolute atomic E-state index is 0.0211. The number of alkyl halides is 3. The number of nitrogens with zero attached hydrogens (tertiary/aromatic N) is 2. The van der Waals surface area contributed by atoms with Gasteiger partial charge in [-0.15, -0.1) is 0 Å². The summed E-state index contributed by atoms with van der Waals surface area (Å²) in [5.74, 6) is -0.987. The van der Waals surface area contributed by atoms with Gasteiger partial charge in [0, 0.05) is 28.6 Å². The van der Waals surface area contributed by atoms with E-state index in [0.29, 0.717) is 27.9 Å². The number of benzene rings is 1. The zero-order valence-corrected chi connectivity index (χ0v) is 18.0.